The number of hydrogen-bond donors (Lipinski definition) is 1. The molecule has 2 heterocycles. The van der Waals surface area contributed by atoms with Gasteiger partial charge in [0, 0.05) is 16.0 Å². The average molecular weight is 414 g/mol. The lowest BCUT2D eigenvalue weighted by Crippen LogP contribution is -2.14. The molecule has 0 spiro atoms. The SMILES string of the molecule is COC(=O)c1cccc(NC(=O)CSc2ncnc3sc4c(c23)CCCC4)c1. The molecule has 0 atom stereocenters. The molecular weight excluding hydrogens is 394 g/mol. The first-order valence-corrected chi connectivity index (χ1v) is 10.8. The second-order valence-electron chi connectivity index (χ2n) is 6.48. The molecule has 1 aliphatic rings. The number of benzene rings is 1. The van der Waals surface area contributed by atoms with Gasteiger partial charge in [0.05, 0.1) is 18.4 Å². The molecule has 3 aromatic rings. The molecule has 4 rings (SSSR count). The summed E-state index contributed by atoms with van der Waals surface area (Å²) >= 11 is 3.17. The molecule has 28 heavy (non-hydrogen) atoms. The number of nitrogens with zero attached hydrogens (tertiary/aromatic N) is 2. The van der Waals surface area contributed by atoms with Crippen molar-refractivity contribution in [3.05, 3.63) is 46.6 Å². The Hall–Kier alpha value is -2.45. The van der Waals surface area contributed by atoms with Gasteiger partial charge in [-0.15, -0.1) is 11.3 Å². The van der Waals surface area contributed by atoms with Gasteiger partial charge in [0.2, 0.25) is 5.91 Å². The zero-order valence-electron chi connectivity index (χ0n) is 15.4. The van der Waals surface area contributed by atoms with E-state index < -0.39 is 5.97 Å². The topological polar surface area (TPSA) is 81.2 Å². The zero-order valence-corrected chi connectivity index (χ0v) is 17.0. The molecule has 1 N–H and O–H groups in total. The number of anilines is 1. The number of amides is 1. The molecular formula is C20H19N3O3S2. The van der Waals surface area contributed by atoms with Gasteiger partial charge in [-0.1, -0.05) is 17.8 Å². The number of methoxy groups -OCH3 is 1. The monoisotopic (exact) mass is 413 g/mol. The number of aromatic nitrogens is 2. The molecule has 0 unspecified atom stereocenters. The molecule has 0 fully saturated rings. The number of ether oxygens (including phenoxy) is 1. The van der Waals surface area contributed by atoms with Gasteiger partial charge < -0.3 is 10.1 Å². The normalized spacial score (nSPS) is 13.2. The molecule has 8 heteroatoms. The second-order valence-corrected chi connectivity index (χ2v) is 8.53. The van der Waals surface area contributed by atoms with Crippen molar-refractivity contribution in [2.75, 3.05) is 18.2 Å². The zero-order chi connectivity index (χ0) is 19.5. The Kier molecular flexibility index (Phi) is 5.59. The van der Waals surface area contributed by atoms with Gasteiger partial charge in [0.15, 0.2) is 0 Å². The van der Waals surface area contributed by atoms with Crippen LogP contribution in [-0.2, 0) is 22.4 Å². The van der Waals surface area contributed by atoms with Gasteiger partial charge in [-0.3, -0.25) is 4.79 Å². The third-order valence-electron chi connectivity index (χ3n) is 4.62. The maximum Gasteiger partial charge on any atom is 0.337 e. The van der Waals surface area contributed by atoms with Crippen LogP contribution in [0.15, 0.2) is 35.6 Å². The van der Waals surface area contributed by atoms with Gasteiger partial charge in [-0.05, 0) is 49.4 Å². The predicted octanol–water partition coefficient (Wildman–Crippen LogP) is 4.09. The van der Waals surface area contributed by atoms with E-state index in [1.165, 1.54) is 42.2 Å². The van der Waals surface area contributed by atoms with E-state index in [0.29, 0.717) is 11.3 Å². The minimum absolute atomic E-state index is 0.150. The molecule has 144 valence electrons. The highest BCUT2D eigenvalue weighted by atomic mass is 32.2. The molecule has 0 saturated carbocycles. The first-order chi connectivity index (χ1) is 13.7. The Morgan fingerprint density at radius 2 is 2.11 bits per heavy atom. The molecule has 6 nitrogen and oxygen atoms in total. The third kappa shape index (κ3) is 3.88. The lowest BCUT2D eigenvalue weighted by Gasteiger charge is -2.11. The van der Waals surface area contributed by atoms with Crippen molar-refractivity contribution in [1.29, 1.82) is 0 Å². The van der Waals surface area contributed by atoms with E-state index in [9.17, 15) is 9.59 Å². The lowest BCUT2D eigenvalue weighted by molar-refractivity contribution is -0.113. The lowest BCUT2D eigenvalue weighted by atomic mass is 9.97. The van der Waals surface area contributed by atoms with E-state index in [2.05, 4.69) is 15.3 Å². The maximum absolute atomic E-state index is 12.4. The summed E-state index contributed by atoms with van der Waals surface area (Å²) < 4.78 is 4.71. The Labute approximate surface area is 170 Å². The predicted molar refractivity (Wildman–Crippen MR) is 111 cm³/mol. The highest BCUT2D eigenvalue weighted by Crippen LogP contribution is 2.39. The molecule has 1 aromatic carbocycles. The second kappa shape index (κ2) is 8.28. The van der Waals surface area contributed by atoms with Crippen molar-refractivity contribution in [3.8, 4) is 0 Å². The molecule has 0 saturated heterocycles. The van der Waals surface area contributed by atoms with Crippen molar-refractivity contribution < 1.29 is 14.3 Å². The molecule has 2 aromatic heterocycles. The van der Waals surface area contributed by atoms with Crippen LogP contribution in [0.4, 0.5) is 5.69 Å². The van der Waals surface area contributed by atoms with Crippen molar-refractivity contribution in [1.82, 2.24) is 9.97 Å². The van der Waals surface area contributed by atoms with Gasteiger partial charge in [-0.25, -0.2) is 14.8 Å². The Bertz CT molecular complexity index is 1050. The van der Waals surface area contributed by atoms with E-state index in [4.69, 9.17) is 4.74 Å². The fourth-order valence-corrected chi connectivity index (χ4v) is 5.46. The largest absolute Gasteiger partial charge is 0.465 e. The van der Waals surface area contributed by atoms with Crippen LogP contribution in [0.25, 0.3) is 10.2 Å². The molecule has 0 radical (unpaired) electrons. The summed E-state index contributed by atoms with van der Waals surface area (Å²) in [5.74, 6) is -0.349. The smallest absolute Gasteiger partial charge is 0.337 e. The summed E-state index contributed by atoms with van der Waals surface area (Å²) in [4.78, 5) is 35.3. The molecule has 1 aliphatic carbocycles. The third-order valence-corrected chi connectivity index (χ3v) is 6.81. The molecule has 1 amide bonds. The van der Waals surface area contributed by atoms with Crippen molar-refractivity contribution in [2.45, 2.75) is 30.7 Å². The van der Waals surface area contributed by atoms with Gasteiger partial charge in [0.25, 0.3) is 0 Å². The van der Waals surface area contributed by atoms with E-state index in [-0.39, 0.29) is 11.7 Å². The number of thiophene rings is 1. The molecule has 0 bridgehead atoms. The van der Waals surface area contributed by atoms with Crippen molar-refractivity contribution in [3.63, 3.8) is 0 Å². The van der Waals surface area contributed by atoms with Crippen molar-refractivity contribution >= 4 is 50.9 Å². The van der Waals surface area contributed by atoms with E-state index >= 15 is 0 Å². The minimum Gasteiger partial charge on any atom is -0.465 e. The molecule has 0 aliphatic heterocycles. The van der Waals surface area contributed by atoms with Crippen LogP contribution < -0.4 is 5.32 Å². The fourth-order valence-electron chi connectivity index (χ4n) is 3.34. The summed E-state index contributed by atoms with van der Waals surface area (Å²) in [6.07, 6.45) is 6.16. The van der Waals surface area contributed by atoms with Crippen LogP contribution in [0.3, 0.4) is 0 Å². The number of hydrogen-bond acceptors (Lipinski definition) is 7. The van der Waals surface area contributed by atoms with Gasteiger partial charge >= 0.3 is 5.97 Å². The van der Waals surface area contributed by atoms with E-state index in [1.807, 2.05) is 0 Å². The van der Waals surface area contributed by atoms with Crippen LogP contribution >= 0.6 is 23.1 Å². The van der Waals surface area contributed by atoms with Crippen LogP contribution in [0.2, 0.25) is 0 Å². The number of fused-ring (bicyclic) bond motifs is 3. The van der Waals surface area contributed by atoms with E-state index in [1.54, 1.807) is 41.9 Å². The minimum atomic E-state index is -0.434. The number of nitrogens with one attached hydrogen (secondary N) is 1. The summed E-state index contributed by atoms with van der Waals surface area (Å²) in [5.41, 5.74) is 2.32. The quantitative estimate of drug-likeness (QED) is 0.385. The summed E-state index contributed by atoms with van der Waals surface area (Å²) in [6, 6.07) is 6.70. The number of thioether (sulfide) groups is 1. The number of aryl methyl sites for hydroxylation is 2. The first-order valence-electron chi connectivity index (χ1n) is 9.02. The van der Waals surface area contributed by atoms with E-state index in [0.717, 1.165) is 28.1 Å². The number of carbonyl (C=O) groups excluding carboxylic acids is 2. The number of carbonyl (C=O) groups is 2. The summed E-state index contributed by atoms with van der Waals surface area (Å²) in [5, 5.41) is 4.81. The maximum atomic E-state index is 12.4. The fraction of sp³-hybridized carbons (Fsp3) is 0.300. The van der Waals surface area contributed by atoms with Crippen LogP contribution in [-0.4, -0.2) is 34.7 Å². The highest BCUT2D eigenvalue weighted by Gasteiger charge is 2.20. The standard InChI is InChI=1S/C20H19N3O3S2/c1-26-20(25)12-5-4-6-13(9-12)23-16(24)10-27-18-17-14-7-2-3-8-15(14)28-19(17)22-11-21-18/h4-6,9,11H,2-3,7-8,10H2,1H3,(H,23,24). The summed E-state index contributed by atoms with van der Waals surface area (Å²) in [7, 11) is 1.33. The van der Waals surface area contributed by atoms with Crippen LogP contribution in [0, 0.1) is 0 Å². The Morgan fingerprint density at radius 1 is 1.25 bits per heavy atom. The first kappa shape index (κ1) is 18.9. The number of esters is 1. The Morgan fingerprint density at radius 3 is 2.96 bits per heavy atom. The van der Waals surface area contributed by atoms with Crippen LogP contribution in [0.5, 0.6) is 0 Å². The van der Waals surface area contributed by atoms with Crippen molar-refractivity contribution in [2.24, 2.45) is 0 Å². The van der Waals surface area contributed by atoms with Gasteiger partial charge in [-0.2, -0.15) is 0 Å². The average Bonchev–Trinajstić information content (AvgIpc) is 3.11. The van der Waals surface area contributed by atoms with Gasteiger partial charge in [0.1, 0.15) is 16.2 Å². The highest BCUT2D eigenvalue weighted by molar-refractivity contribution is 8.00. The summed E-state index contributed by atoms with van der Waals surface area (Å²) in [6.45, 7) is 0. The Balaban J connectivity index is 1.47. The number of rotatable bonds is 5. The van der Waals surface area contributed by atoms with Crippen LogP contribution in [0.1, 0.15) is 33.6 Å².